The summed E-state index contributed by atoms with van der Waals surface area (Å²) in [5, 5.41) is 15.8. The molecule has 1 aliphatic heterocycles. The Morgan fingerprint density at radius 3 is 2.36 bits per heavy atom. The lowest BCUT2D eigenvalue weighted by atomic mass is 10.0. The van der Waals surface area contributed by atoms with E-state index in [1.807, 2.05) is 62.4 Å². The Balaban J connectivity index is 1.58. The Bertz CT molecular complexity index is 1450. The van der Waals surface area contributed by atoms with E-state index >= 15 is 0 Å². The molecule has 0 radical (unpaired) electrons. The molecular weight excluding hydrogens is 596 g/mol. The van der Waals surface area contributed by atoms with Crippen LogP contribution in [0.1, 0.15) is 56.0 Å². The predicted molar refractivity (Wildman–Crippen MR) is 184 cm³/mol. The number of ether oxygens (including phenoxy) is 2. The third-order valence-electron chi connectivity index (χ3n) is 8.42. The van der Waals surface area contributed by atoms with E-state index < -0.39 is 12.1 Å². The van der Waals surface area contributed by atoms with Crippen LogP contribution in [0.25, 0.3) is 0 Å². The standard InChI is InChI=1S/C37H48N4O6/c1-26-23-41(27(2)25-42)36(44)32-22-31(39-37(45)38-30-16-9-6-10-17-30)18-19-33(32)47-28(3)13-11-12-20-46-34(26)24-40(4)35(43)21-29-14-7-5-8-15-29/h5-10,14-19,22,26-28,34,42H,11-13,20-21,23-25H2,1-4H3,(H2,38,39,45)/t26-,27-,28+,34+/m1/s1. The maximum absolute atomic E-state index is 14.3. The number of rotatable bonds is 8. The lowest BCUT2D eigenvalue weighted by Crippen LogP contribution is -2.48. The van der Waals surface area contributed by atoms with Crippen molar-refractivity contribution in [3.05, 3.63) is 90.0 Å². The van der Waals surface area contributed by atoms with Gasteiger partial charge in [-0.05, 0) is 69.0 Å². The number of anilines is 2. The lowest BCUT2D eigenvalue weighted by molar-refractivity contribution is -0.131. The Morgan fingerprint density at radius 1 is 0.979 bits per heavy atom. The summed E-state index contributed by atoms with van der Waals surface area (Å²) in [5.41, 5.74) is 2.29. The molecule has 0 unspecified atom stereocenters. The number of nitrogens with one attached hydrogen (secondary N) is 2. The number of hydrogen-bond acceptors (Lipinski definition) is 6. The van der Waals surface area contributed by atoms with Crippen LogP contribution in [0.2, 0.25) is 0 Å². The fourth-order valence-corrected chi connectivity index (χ4v) is 5.56. The molecule has 1 aliphatic rings. The minimum absolute atomic E-state index is 0.0145. The van der Waals surface area contributed by atoms with E-state index in [1.165, 1.54) is 0 Å². The van der Waals surface area contributed by atoms with Crippen LogP contribution < -0.4 is 15.4 Å². The quantitative estimate of drug-likeness (QED) is 0.284. The first-order valence-electron chi connectivity index (χ1n) is 16.4. The number of carbonyl (C=O) groups is 3. The van der Waals surface area contributed by atoms with Gasteiger partial charge in [0.05, 0.1) is 36.8 Å². The molecule has 0 fully saturated rings. The van der Waals surface area contributed by atoms with E-state index in [9.17, 15) is 19.5 Å². The van der Waals surface area contributed by atoms with Gasteiger partial charge in [-0.25, -0.2) is 4.79 Å². The van der Waals surface area contributed by atoms with Crippen LogP contribution in [0, 0.1) is 5.92 Å². The van der Waals surface area contributed by atoms with Gasteiger partial charge >= 0.3 is 6.03 Å². The molecule has 0 spiro atoms. The van der Waals surface area contributed by atoms with E-state index in [2.05, 4.69) is 10.6 Å². The van der Waals surface area contributed by atoms with Crippen molar-refractivity contribution >= 4 is 29.2 Å². The summed E-state index contributed by atoms with van der Waals surface area (Å²) in [7, 11) is 1.78. The zero-order chi connectivity index (χ0) is 33.8. The first-order valence-corrected chi connectivity index (χ1v) is 16.4. The topological polar surface area (TPSA) is 120 Å². The molecule has 0 bridgehead atoms. The number of fused-ring (bicyclic) bond motifs is 1. The second-order valence-corrected chi connectivity index (χ2v) is 12.4. The summed E-state index contributed by atoms with van der Waals surface area (Å²) in [6.45, 7) is 6.66. The molecule has 4 rings (SSSR count). The number of likely N-dealkylation sites (N-methyl/N-ethyl adjacent to an activating group) is 1. The minimum Gasteiger partial charge on any atom is -0.490 e. The first-order chi connectivity index (χ1) is 22.6. The molecule has 0 aromatic heterocycles. The van der Waals surface area contributed by atoms with Gasteiger partial charge in [-0.15, -0.1) is 0 Å². The summed E-state index contributed by atoms with van der Waals surface area (Å²) in [6, 6.07) is 22.8. The first kappa shape index (κ1) is 35.4. The van der Waals surface area contributed by atoms with Gasteiger partial charge in [-0.2, -0.15) is 0 Å². The largest absolute Gasteiger partial charge is 0.490 e. The molecule has 10 nitrogen and oxygen atoms in total. The Morgan fingerprint density at radius 2 is 1.66 bits per heavy atom. The Labute approximate surface area is 278 Å². The van der Waals surface area contributed by atoms with E-state index in [0.717, 1.165) is 24.8 Å². The van der Waals surface area contributed by atoms with Crippen LogP contribution >= 0.6 is 0 Å². The minimum atomic E-state index is -0.515. The second kappa shape index (κ2) is 17.5. The van der Waals surface area contributed by atoms with Crippen molar-refractivity contribution in [1.82, 2.24) is 9.80 Å². The van der Waals surface area contributed by atoms with Gasteiger partial charge in [0.15, 0.2) is 0 Å². The van der Waals surface area contributed by atoms with E-state index in [0.29, 0.717) is 36.7 Å². The van der Waals surface area contributed by atoms with Gasteiger partial charge in [0.2, 0.25) is 5.91 Å². The summed E-state index contributed by atoms with van der Waals surface area (Å²) >= 11 is 0. The van der Waals surface area contributed by atoms with Crippen molar-refractivity contribution in [2.75, 3.05) is 44.0 Å². The molecule has 4 atom stereocenters. The number of urea groups is 1. The number of nitrogens with zero attached hydrogens (tertiary/aromatic N) is 2. The zero-order valence-electron chi connectivity index (χ0n) is 27.9. The highest BCUT2D eigenvalue weighted by atomic mass is 16.5. The molecule has 4 amide bonds. The maximum Gasteiger partial charge on any atom is 0.323 e. The summed E-state index contributed by atoms with van der Waals surface area (Å²) < 4.78 is 12.7. The summed E-state index contributed by atoms with van der Waals surface area (Å²) in [6.07, 6.45) is 2.21. The third kappa shape index (κ3) is 10.6. The van der Waals surface area contributed by atoms with Crippen molar-refractivity contribution < 1.29 is 29.0 Å². The van der Waals surface area contributed by atoms with Crippen LogP contribution in [0.15, 0.2) is 78.9 Å². The molecule has 47 heavy (non-hydrogen) atoms. The summed E-state index contributed by atoms with van der Waals surface area (Å²) in [4.78, 5) is 43.6. The highest BCUT2D eigenvalue weighted by Gasteiger charge is 2.31. The van der Waals surface area contributed by atoms with Gasteiger partial charge in [0.25, 0.3) is 5.91 Å². The third-order valence-corrected chi connectivity index (χ3v) is 8.42. The van der Waals surface area contributed by atoms with Crippen molar-refractivity contribution in [2.24, 2.45) is 5.92 Å². The van der Waals surface area contributed by atoms with E-state index in [1.54, 1.807) is 54.1 Å². The molecule has 1 heterocycles. The number of hydrogen-bond donors (Lipinski definition) is 3. The molecule has 0 aliphatic carbocycles. The smallest absolute Gasteiger partial charge is 0.323 e. The van der Waals surface area contributed by atoms with Crippen LogP contribution in [-0.2, 0) is 16.0 Å². The van der Waals surface area contributed by atoms with Gasteiger partial charge in [-0.1, -0.05) is 55.5 Å². The van der Waals surface area contributed by atoms with Gasteiger partial charge < -0.3 is 35.0 Å². The molecule has 3 N–H and O–H groups in total. The van der Waals surface area contributed by atoms with Crippen molar-refractivity contribution in [3.63, 3.8) is 0 Å². The normalized spacial score (nSPS) is 19.8. The average Bonchev–Trinajstić information content (AvgIpc) is 3.06. The molecular formula is C37H48N4O6. The van der Waals surface area contributed by atoms with Gasteiger partial charge in [0, 0.05) is 44.0 Å². The SMILES string of the molecule is C[C@@H]1CN([C@H](C)CO)C(=O)c2cc(NC(=O)Nc3ccccc3)ccc2O[C@@H](C)CCCCO[C@H]1CN(C)C(=O)Cc1ccccc1. The Kier molecular flexibility index (Phi) is 13.2. The monoisotopic (exact) mass is 644 g/mol. The van der Waals surface area contributed by atoms with Crippen LogP contribution in [0.5, 0.6) is 5.75 Å². The number of para-hydroxylation sites is 1. The van der Waals surface area contributed by atoms with Crippen LogP contribution in [-0.4, -0.2) is 84.4 Å². The average molecular weight is 645 g/mol. The highest BCUT2D eigenvalue weighted by Crippen LogP contribution is 2.28. The van der Waals surface area contributed by atoms with Crippen LogP contribution in [0.3, 0.4) is 0 Å². The number of carbonyl (C=O) groups excluding carboxylic acids is 3. The lowest BCUT2D eigenvalue weighted by Gasteiger charge is -2.36. The highest BCUT2D eigenvalue weighted by molar-refractivity contribution is 6.02. The van der Waals surface area contributed by atoms with Gasteiger partial charge in [-0.3, -0.25) is 9.59 Å². The maximum atomic E-state index is 14.3. The van der Waals surface area contributed by atoms with Crippen molar-refractivity contribution in [2.45, 2.75) is 64.7 Å². The summed E-state index contributed by atoms with van der Waals surface area (Å²) in [5.74, 6) is -0.115. The number of aliphatic hydroxyl groups is 1. The zero-order valence-corrected chi connectivity index (χ0v) is 27.9. The molecule has 3 aromatic carbocycles. The molecule has 10 heteroatoms. The fraction of sp³-hybridized carbons (Fsp3) is 0.432. The van der Waals surface area contributed by atoms with Crippen molar-refractivity contribution in [1.29, 1.82) is 0 Å². The van der Waals surface area contributed by atoms with Gasteiger partial charge in [0.1, 0.15) is 5.75 Å². The fourth-order valence-electron chi connectivity index (χ4n) is 5.56. The molecule has 0 saturated heterocycles. The molecule has 3 aromatic rings. The van der Waals surface area contributed by atoms with E-state index in [4.69, 9.17) is 9.47 Å². The predicted octanol–water partition coefficient (Wildman–Crippen LogP) is 5.83. The number of aliphatic hydroxyl groups excluding tert-OH is 1. The van der Waals surface area contributed by atoms with Crippen LogP contribution in [0.4, 0.5) is 16.2 Å². The Hall–Kier alpha value is -4.41. The number of amides is 4. The van der Waals surface area contributed by atoms with E-state index in [-0.39, 0.29) is 48.7 Å². The molecule has 252 valence electrons. The molecule has 0 saturated carbocycles. The van der Waals surface area contributed by atoms with Crippen molar-refractivity contribution in [3.8, 4) is 5.75 Å². The number of benzene rings is 3. The second-order valence-electron chi connectivity index (χ2n) is 12.4.